The van der Waals surface area contributed by atoms with Crippen LogP contribution in [0.25, 0.3) is 0 Å². The van der Waals surface area contributed by atoms with Crippen molar-refractivity contribution >= 4 is 17.9 Å². The summed E-state index contributed by atoms with van der Waals surface area (Å²) >= 11 is 0. The second-order valence-corrected chi connectivity index (χ2v) is 8.42. The number of aliphatic hydroxyl groups excluding tert-OH is 1. The van der Waals surface area contributed by atoms with E-state index in [0.29, 0.717) is 24.0 Å². The van der Waals surface area contributed by atoms with Crippen molar-refractivity contribution in [2.45, 2.75) is 57.5 Å². The van der Waals surface area contributed by atoms with Gasteiger partial charge in [-0.05, 0) is 32.6 Å². The Bertz CT molecular complexity index is 870. The lowest BCUT2D eigenvalue weighted by atomic mass is 9.75. The van der Waals surface area contributed by atoms with Crippen LogP contribution in [0.4, 0.5) is 0 Å². The third-order valence-electron chi connectivity index (χ3n) is 6.93. The molecule has 30 heavy (non-hydrogen) atoms. The summed E-state index contributed by atoms with van der Waals surface area (Å²) in [6.07, 6.45) is 1.71. The molecule has 0 aromatic rings. The first-order valence-corrected chi connectivity index (χ1v) is 10.1. The van der Waals surface area contributed by atoms with Crippen molar-refractivity contribution in [1.29, 1.82) is 0 Å². The molecule has 162 valence electrons. The monoisotopic (exact) mass is 418 g/mol. The molecular formula is C22H26O8. The summed E-state index contributed by atoms with van der Waals surface area (Å²) < 4.78 is 23.1. The molecule has 8 nitrogen and oxygen atoms in total. The van der Waals surface area contributed by atoms with Gasteiger partial charge in [-0.15, -0.1) is 0 Å². The van der Waals surface area contributed by atoms with E-state index < -0.39 is 47.7 Å². The maximum atomic E-state index is 12.7. The number of hydrogen-bond acceptors (Lipinski definition) is 8. The van der Waals surface area contributed by atoms with Crippen molar-refractivity contribution in [2.24, 2.45) is 17.8 Å². The van der Waals surface area contributed by atoms with Gasteiger partial charge >= 0.3 is 17.9 Å². The van der Waals surface area contributed by atoms with E-state index in [1.54, 1.807) is 19.9 Å². The van der Waals surface area contributed by atoms with Crippen LogP contribution in [0.1, 0.15) is 33.6 Å². The molecule has 7 atom stereocenters. The van der Waals surface area contributed by atoms with Crippen molar-refractivity contribution in [1.82, 2.24) is 0 Å². The lowest BCUT2D eigenvalue weighted by Gasteiger charge is -2.41. The molecule has 4 rings (SSSR count). The molecule has 1 saturated heterocycles. The zero-order valence-corrected chi connectivity index (χ0v) is 17.3. The molecule has 0 unspecified atom stereocenters. The molecule has 2 heterocycles. The predicted octanol–water partition coefficient (Wildman–Crippen LogP) is 1.58. The highest BCUT2D eigenvalue weighted by Gasteiger charge is 2.67. The molecule has 0 radical (unpaired) electrons. The number of carbonyl (C=O) groups excluding carboxylic acids is 3. The quantitative estimate of drug-likeness (QED) is 0.416. The Kier molecular flexibility index (Phi) is 5.00. The second kappa shape index (κ2) is 7.27. The summed E-state index contributed by atoms with van der Waals surface area (Å²) in [5.41, 5.74) is 0.315. The summed E-state index contributed by atoms with van der Waals surface area (Å²) in [4.78, 5) is 37.1. The fraction of sp³-hybridized carbons (Fsp3) is 0.591. The molecule has 0 aromatic carbocycles. The first-order valence-electron chi connectivity index (χ1n) is 10.1. The fourth-order valence-electron chi connectivity index (χ4n) is 5.38. The van der Waals surface area contributed by atoms with Crippen LogP contribution in [-0.4, -0.2) is 53.5 Å². The first-order chi connectivity index (χ1) is 14.2. The Morgan fingerprint density at radius 1 is 1.37 bits per heavy atom. The Labute approximate surface area is 174 Å². The average Bonchev–Trinajstić information content (AvgIpc) is 3.13. The highest BCUT2D eigenvalue weighted by Crippen LogP contribution is 2.59. The Balaban J connectivity index is 1.86. The minimum Gasteiger partial charge on any atom is -0.492 e. The molecule has 2 aliphatic heterocycles. The summed E-state index contributed by atoms with van der Waals surface area (Å²) in [5.74, 6) is -2.94. The number of esters is 3. The zero-order chi connectivity index (χ0) is 21.8. The van der Waals surface area contributed by atoms with Crippen molar-refractivity contribution in [2.75, 3.05) is 6.61 Å². The van der Waals surface area contributed by atoms with Gasteiger partial charge in [-0.1, -0.05) is 12.7 Å². The van der Waals surface area contributed by atoms with E-state index in [0.717, 1.165) is 0 Å². The van der Waals surface area contributed by atoms with Gasteiger partial charge < -0.3 is 24.1 Å². The molecule has 0 amide bonds. The van der Waals surface area contributed by atoms with Gasteiger partial charge in [0, 0.05) is 29.6 Å². The van der Waals surface area contributed by atoms with Crippen molar-refractivity contribution in [3.05, 3.63) is 35.6 Å². The van der Waals surface area contributed by atoms with Crippen molar-refractivity contribution in [3.63, 3.8) is 0 Å². The predicted molar refractivity (Wildman–Crippen MR) is 103 cm³/mol. The summed E-state index contributed by atoms with van der Waals surface area (Å²) in [7, 11) is 0. The Morgan fingerprint density at radius 3 is 2.73 bits per heavy atom. The van der Waals surface area contributed by atoms with E-state index in [-0.39, 0.29) is 24.0 Å². The van der Waals surface area contributed by atoms with Crippen molar-refractivity contribution in [3.8, 4) is 0 Å². The summed E-state index contributed by atoms with van der Waals surface area (Å²) in [6.45, 7) is 8.25. The van der Waals surface area contributed by atoms with Crippen LogP contribution in [-0.2, 0) is 33.3 Å². The lowest BCUT2D eigenvalue weighted by molar-refractivity contribution is -0.166. The molecule has 8 heteroatoms. The van der Waals surface area contributed by atoms with Gasteiger partial charge in [-0.25, -0.2) is 9.59 Å². The largest absolute Gasteiger partial charge is 0.492 e. The summed E-state index contributed by atoms with van der Waals surface area (Å²) in [6, 6.07) is 0. The van der Waals surface area contributed by atoms with Crippen LogP contribution in [0.5, 0.6) is 0 Å². The zero-order valence-electron chi connectivity index (χ0n) is 17.3. The molecule has 0 spiro atoms. The molecule has 0 aromatic heterocycles. The molecule has 2 saturated carbocycles. The number of allylic oxidation sites excluding steroid dienone is 1. The lowest BCUT2D eigenvalue weighted by Crippen LogP contribution is -2.50. The van der Waals surface area contributed by atoms with Crippen LogP contribution in [0, 0.1) is 17.8 Å². The minimum absolute atomic E-state index is 0.145. The Morgan fingerprint density at radius 2 is 2.10 bits per heavy atom. The highest BCUT2D eigenvalue weighted by molar-refractivity contribution is 5.92. The third kappa shape index (κ3) is 2.88. The van der Waals surface area contributed by atoms with Gasteiger partial charge in [0.2, 0.25) is 0 Å². The van der Waals surface area contributed by atoms with Crippen LogP contribution in [0.2, 0.25) is 0 Å². The van der Waals surface area contributed by atoms with E-state index >= 15 is 0 Å². The second-order valence-electron chi connectivity index (χ2n) is 8.42. The number of ether oxygens (including phenoxy) is 4. The molecule has 2 aliphatic carbocycles. The SMILES string of the molecule is C=C1C(=O)O[C@H]2[C@H]1[C@H](OC(=O)/C(C)=C\C)[C@@H](OC(C)=O)C1=CO[C@@]3(CO)CC[C@@H]1[C@@H]23. The number of carbonyl (C=O) groups is 3. The number of fused-ring (bicyclic) bond motifs is 1. The molecule has 4 aliphatic rings. The molecular weight excluding hydrogens is 392 g/mol. The molecule has 1 N–H and O–H groups in total. The van der Waals surface area contributed by atoms with E-state index in [4.69, 9.17) is 18.9 Å². The molecule has 3 fully saturated rings. The molecule has 4 bridgehead atoms. The van der Waals surface area contributed by atoms with Crippen molar-refractivity contribution < 1.29 is 38.4 Å². The number of hydrogen-bond donors (Lipinski definition) is 1. The highest BCUT2D eigenvalue weighted by atomic mass is 16.6. The third-order valence-corrected chi connectivity index (χ3v) is 6.93. The topological polar surface area (TPSA) is 108 Å². The summed E-state index contributed by atoms with van der Waals surface area (Å²) in [5, 5.41) is 10.2. The van der Waals surface area contributed by atoms with Gasteiger partial charge in [-0.3, -0.25) is 4.79 Å². The van der Waals surface area contributed by atoms with E-state index in [1.165, 1.54) is 13.2 Å². The Hall–Kier alpha value is -2.61. The van der Waals surface area contributed by atoms with E-state index in [1.807, 2.05) is 0 Å². The maximum absolute atomic E-state index is 12.7. The average molecular weight is 418 g/mol. The van der Waals surface area contributed by atoms with Crippen LogP contribution in [0.15, 0.2) is 35.6 Å². The smallest absolute Gasteiger partial charge is 0.334 e. The minimum atomic E-state index is -1.00. The van der Waals surface area contributed by atoms with Gasteiger partial charge in [0.1, 0.15) is 11.7 Å². The maximum Gasteiger partial charge on any atom is 0.334 e. The van der Waals surface area contributed by atoms with E-state index in [9.17, 15) is 19.5 Å². The van der Waals surface area contributed by atoms with Gasteiger partial charge in [-0.2, -0.15) is 0 Å². The number of rotatable bonds is 4. The standard InChI is InChI=1S/C22H26O8/c1-5-10(2)20(25)30-19-15-11(3)21(26)29-18(15)16-13-6-7-22(16,9-23)27-8-14(13)17(19)28-12(4)24/h5,8,13,15-19,23H,3,6-7,9H2,1-2,4H3/b10-5-/t13-,15-,16-,17-,18-,19-,22+/m0/s1. The van der Waals surface area contributed by atoms with E-state index in [2.05, 4.69) is 6.58 Å². The van der Waals surface area contributed by atoms with Crippen LogP contribution >= 0.6 is 0 Å². The fourth-order valence-corrected chi connectivity index (χ4v) is 5.38. The van der Waals surface area contributed by atoms with Gasteiger partial charge in [0.15, 0.2) is 12.2 Å². The first kappa shape index (κ1) is 20.7. The van der Waals surface area contributed by atoms with Crippen LogP contribution < -0.4 is 0 Å². The van der Waals surface area contributed by atoms with Gasteiger partial charge in [0.05, 0.1) is 18.8 Å². The van der Waals surface area contributed by atoms with Gasteiger partial charge in [0.25, 0.3) is 0 Å². The normalized spacial score (nSPS) is 39.3. The van der Waals surface area contributed by atoms with Crippen LogP contribution in [0.3, 0.4) is 0 Å². The number of aliphatic hydroxyl groups is 1.